The van der Waals surface area contributed by atoms with Gasteiger partial charge in [-0.25, -0.2) is 13.2 Å². The summed E-state index contributed by atoms with van der Waals surface area (Å²) < 4.78 is 80.3. The fourth-order valence-electron chi connectivity index (χ4n) is 1.98. The summed E-state index contributed by atoms with van der Waals surface area (Å²) in [7, 11) is 0. The van der Waals surface area contributed by atoms with Crippen molar-refractivity contribution in [1.82, 2.24) is 0 Å². The summed E-state index contributed by atoms with van der Waals surface area (Å²) in [4.78, 5) is 11.5. The minimum atomic E-state index is -2.33. The van der Waals surface area contributed by atoms with Crippen molar-refractivity contribution in [2.24, 2.45) is 0 Å². The first-order valence-corrected chi connectivity index (χ1v) is 7.83. The standard InChI is InChI=1S/C18H15F5O4/c19-13-14(20)16(22)18(17(23)15(13)21)27-12(24)6-7-25-8-9-26-10-11-4-2-1-3-5-11/h1-5H,6-10H2. The molecule has 0 heterocycles. The predicted octanol–water partition coefficient (Wildman–Crippen LogP) is 3.91. The molecule has 2 aromatic rings. The topological polar surface area (TPSA) is 44.8 Å². The molecule has 27 heavy (non-hydrogen) atoms. The van der Waals surface area contributed by atoms with Crippen molar-refractivity contribution in [3.8, 4) is 5.75 Å². The lowest BCUT2D eigenvalue weighted by atomic mass is 10.2. The third kappa shape index (κ3) is 5.73. The SMILES string of the molecule is O=C(CCOCCOCc1ccccc1)Oc1c(F)c(F)c(F)c(F)c1F. The van der Waals surface area contributed by atoms with E-state index in [0.717, 1.165) is 5.56 Å². The molecule has 0 aliphatic heterocycles. The molecular formula is C18H15F5O4. The van der Waals surface area contributed by atoms with Crippen molar-refractivity contribution < 1.29 is 41.0 Å². The number of benzene rings is 2. The smallest absolute Gasteiger partial charge is 0.313 e. The molecule has 0 atom stereocenters. The van der Waals surface area contributed by atoms with Crippen LogP contribution >= 0.6 is 0 Å². The summed E-state index contributed by atoms with van der Waals surface area (Å²) >= 11 is 0. The Morgan fingerprint density at radius 3 is 1.93 bits per heavy atom. The van der Waals surface area contributed by atoms with Crippen LogP contribution in [0.25, 0.3) is 0 Å². The molecule has 4 nitrogen and oxygen atoms in total. The van der Waals surface area contributed by atoms with E-state index in [4.69, 9.17) is 9.47 Å². The van der Waals surface area contributed by atoms with E-state index in [9.17, 15) is 26.7 Å². The van der Waals surface area contributed by atoms with Crippen molar-refractivity contribution >= 4 is 5.97 Å². The van der Waals surface area contributed by atoms with Crippen LogP contribution < -0.4 is 4.74 Å². The molecule has 9 heteroatoms. The molecule has 2 rings (SSSR count). The van der Waals surface area contributed by atoms with Gasteiger partial charge in [0.25, 0.3) is 0 Å². The average Bonchev–Trinajstić information content (AvgIpc) is 2.68. The molecule has 0 fully saturated rings. The first kappa shape index (κ1) is 20.8. The summed E-state index contributed by atoms with van der Waals surface area (Å²) in [5.74, 6) is -14.0. The fraction of sp³-hybridized carbons (Fsp3) is 0.278. The van der Waals surface area contributed by atoms with Crippen molar-refractivity contribution in [2.45, 2.75) is 13.0 Å². The lowest BCUT2D eigenvalue weighted by Crippen LogP contribution is -2.16. The van der Waals surface area contributed by atoms with Gasteiger partial charge in [-0.2, -0.15) is 8.78 Å². The van der Waals surface area contributed by atoms with E-state index in [1.807, 2.05) is 30.3 Å². The Bertz CT molecular complexity index is 754. The predicted molar refractivity (Wildman–Crippen MR) is 83.4 cm³/mol. The minimum Gasteiger partial charge on any atom is -0.420 e. The second-order valence-electron chi connectivity index (χ2n) is 5.27. The van der Waals surface area contributed by atoms with Gasteiger partial charge in [-0.05, 0) is 5.56 Å². The lowest BCUT2D eigenvalue weighted by Gasteiger charge is -2.09. The molecule has 0 bridgehead atoms. The van der Waals surface area contributed by atoms with Crippen LogP contribution in [0, 0.1) is 29.1 Å². The second-order valence-corrected chi connectivity index (χ2v) is 5.27. The molecular weight excluding hydrogens is 375 g/mol. The number of esters is 1. The Hall–Kier alpha value is -2.52. The summed E-state index contributed by atoms with van der Waals surface area (Å²) in [5.41, 5.74) is 0.976. The number of hydrogen-bond donors (Lipinski definition) is 0. The number of halogens is 5. The number of rotatable bonds is 9. The maximum Gasteiger partial charge on any atom is 0.313 e. The quantitative estimate of drug-likeness (QED) is 0.163. The van der Waals surface area contributed by atoms with Gasteiger partial charge in [0.2, 0.25) is 34.8 Å². The third-order valence-corrected chi connectivity index (χ3v) is 3.32. The van der Waals surface area contributed by atoms with E-state index in [2.05, 4.69) is 4.74 Å². The highest BCUT2D eigenvalue weighted by Gasteiger charge is 2.28. The molecule has 0 aliphatic carbocycles. The zero-order valence-electron chi connectivity index (χ0n) is 13.9. The van der Waals surface area contributed by atoms with Gasteiger partial charge < -0.3 is 14.2 Å². The lowest BCUT2D eigenvalue weighted by molar-refractivity contribution is -0.136. The molecule has 0 amide bonds. The highest BCUT2D eigenvalue weighted by Crippen LogP contribution is 2.29. The van der Waals surface area contributed by atoms with Gasteiger partial charge in [0, 0.05) is 0 Å². The monoisotopic (exact) mass is 390 g/mol. The highest BCUT2D eigenvalue weighted by molar-refractivity contribution is 5.72. The van der Waals surface area contributed by atoms with Crippen molar-refractivity contribution in [3.63, 3.8) is 0 Å². The molecule has 0 saturated heterocycles. The number of ether oxygens (including phenoxy) is 3. The maximum atomic E-state index is 13.4. The minimum absolute atomic E-state index is 0.142. The number of hydrogen-bond acceptors (Lipinski definition) is 4. The van der Waals surface area contributed by atoms with E-state index in [-0.39, 0.29) is 19.8 Å². The van der Waals surface area contributed by atoms with Gasteiger partial charge in [0.15, 0.2) is 0 Å². The molecule has 0 saturated carbocycles. The van der Waals surface area contributed by atoms with E-state index < -0.39 is 47.2 Å². The summed E-state index contributed by atoms with van der Waals surface area (Å²) in [6.07, 6.45) is -0.446. The van der Waals surface area contributed by atoms with Crippen molar-refractivity contribution in [2.75, 3.05) is 19.8 Å². The Balaban J connectivity index is 1.70. The van der Waals surface area contributed by atoms with Gasteiger partial charge in [0.05, 0.1) is 32.8 Å². The number of carbonyl (C=O) groups excluding carboxylic acids is 1. The van der Waals surface area contributed by atoms with Crippen LogP contribution in [0.3, 0.4) is 0 Å². The van der Waals surface area contributed by atoms with Crippen LogP contribution in [-0.4, -0.2) is 25.8 Å². The molecule has 2 aromatic carbocycles. The van der Waals surface area contributed by atoms with Crippen LogP contribution in [0.5, 0.6) is 5.75 Å². The fourth-order valence-corrected chi connectivity index (χ4v) is 1.98. The van der Waals surface area contributed by atoms with E-state index in [0.29, 0.717) is 6.61 Å². The molecule has 0 spiro atoms. The van der Waals surface area contributed by atoms with E-state index in [1.165, 1.54) is 0 Å². The van der Waals surface area contributed by atoms with Crippen LogP contribution in [0.4, 0.5) is 22.0 Å². The van der Waals surface area contributed by atoms with Crippen molar-refractivity contribution in [1.29, 1.82) is 0 Å². The van der Waals surface area contributed by atoms with Gasteiger partial charge in [0.1, 0.15) is 0 Å². The molecule has 0 N–H and O–H groups in total. The molecule has 0 unspecified atom stereocenters. The first-order chi connectivity index (χ1) is 12.9. The van der Waals surface area contributed by atoms with Crippen LogP contribution in [-0.2, 0) is 20.9 Å². The maximum absolute atomic E-state index is 13.4. The van der Waals surface area contributed by atoms with Crippen LogP contribution in [0.15, 0.2) is 30.3 Å². The molecule has 0 aromatic heterocycles. The largest absolute Gasteiger partial charge is 0.420 e. The van der Waals surface area contributed by atoms with Crippen LogP contribution in [0.1, 0.15) is 12.0 Å². The molecule has 0 aliphatic rings. The zero-order chi connectivity index (χ0) is 19.8. The summed E-state index contributed by atoms with van der Waals surface area (Å²) in [5, 5.41) is 0. The van der Waals surface area contributed by atoms with Crippen LogP contribution in [0.2, 0.25) is 0 Å². The Morgan fingerprint density at radius 2 is 1.30 bits per heavy atom. The van der Waals surface area contributed by atoms with Gasteiger partial charge in [-0.1, -0.05) is 30.3 Å². The summed E-state index contributed by atoms with van der Waals surface area (Å²) in [6.45, 7) is 0.583. The van der Waals surface area contributed by atoms with Gasteiger partial charge in [-0.15, -0.1) is 0 Å². The van der Waals surface area contributed by atoms with E-state index >= 15 is 0 Å². The first-order valence-electron chi connectivity index (χ1n) is 7.83. The van der Waals surface area contributed by atoms with Crippen molar-refractivity contribution in [3.05, 3.63) is 65.0 Å². The molecule has 0 radical (unpaired) electrons. The Kier molecular flexibility index (Phi) is 7.68. The Morgan fingerprint density at radius 1 is 0.741 bits per heavy atom. The highest BCUT2D eigenvalue weighted by atomic mass is 19.2. The van der Waals surface area contributed by atoms with Gasteiger partial charge >= 0.3 is 5.97 Å². The third-order valence-electron chi connectivity index (χ3n) is 3.32. The van der Waals surface area contributed by atoms with Gasteiger partial charge in [-0.3, -0.25) is 4.79 Å². The normalized spacial score (nSPS) is 10.9. The second kappa shape index (κ2) is 9.98. The Labute approximate surface area is 151 Å². The summed E-state index contributed by atoms with van der Waals surface area (Å²) in [6, 6.07) is 9.38. The number of carbonyl (C=O) groups is 1. The molecule has 146 valence electrons. The average molecular weight is 390 g/mol. The zero-order valence-corrected chi connectivity index (χ0v) is 13.9. The van der Waals surface area contributed by atoms with E-state index in [1.54, 1.807) is 0 Å².